The van der Waals surface area contributed by atoms with Gasteiger partial charge in [0.25, 0.3) is 5.91 Å². The van der Waals surface area contributed by atoms with Gasteiger partial charge in [0.2, 0.25) is 11.9 Å². The van der Waals surface area contributed by atoms with Gasteiger partial charge in [-0.2, -0.15) is 0 Å². The number of Topliss-reactive ketones (excluding diaryl/α,β-unsaturated/α-hetero) is 1. The topological polar surface area (TPSA) is 93.5 Å². The molecule has 5 rings (SSSR count). The van der Waals surface area contributed by atoms with Crippen LogP contribution < -0.4 is 10.1 Å². The van der Waals surface area contributed by atoms with Gasteiger partial charge in [-0.1, -0.05) is 35.9 Å². The zero-order valence-electron chi connectivity index (χ0n) is 20.1. The molecule has 2 aromatic carbocycles. The second kappa shape index (κ2) is 9.78. The normalized spacial score (nSPS) is 17.8. The fourth-order valence-electron chi connectivity index (χ4n) is 5.01. The van der Waals surface area contributed by atoms with Gasteiger partial charge >= 0.3 is 0 Å². The number of halogens is 1. The summed E-state index contributed by atoms with van der Waals surface area (Å²) in [5, 5.41) is 3.32. The first-order valence-corrected chi connectivity index (χ1v) is 12.4. The third-order valence-electron chi connectivity index (χ3n) is 6.72. The van der Waals surface area contributed by atoms with Crippen molar-refractivity contribution in [1.29, 1.82) is 0 Å². The van der Waals surface area contributed by atoms with E-state index in [0.29, 0.717) is 52.0 Å². The first kappa shape index (κ1) is 24.1. The Labute approximate surface area is 213 Å². The fourth-order valence-corrected chi connectivity index (χ4v) is 5.38. The summed E-state index contributed by atoms with van der Waals surface area (Å²) in [6, 6.07) is 8.93. The summed E-state index contributed by atoms with van der Waals surface area (Å²) in [5.74, 6) is 0.337. The van der Waals surface area contributed by atoms with E-state index in [0.717, 1.165) is 24.8 Å². The molecular weight excluding hydrogens is 480 g/mol. The maximum Gasteiger partial charge on any atom is 0.257 e. The van der Waals surface area contributed by atoms with Crippen molar-refractivity contribution in [2.75, 3.05) is 25.0 Å². The number of rotatable bonds is 4. The maximum absolute atomic E-state index is 13.2. The number of likely N-dealkylation sites (tertiary alicyclic amines) is 1. The Hall–Kier alpha value is -3.65. The number of benzene rings is 2. The van der Waals surface area contributed by atoms with Crippen molar-refractivity contribution in [1.82, 2.24) is 14.5 Å². The average molecular weight is 507 g/mol. The molecule has 1 aromatic heterocycles. The molecule has 8 nitrogen and oxygen atoms in total. The predicted octanol–water partition coefficient (Wildman–Crippen LogP) is 4.49. The SMILES string of the molecule is C=CC(=O)N1CCCC[C@@H](n2c(NC(=O)c3cccc(C)c3)nc3cc4c(c(Cl)c32)OCC(=O)C4)C1. The molecule has 36 heavy (non-hydrogen) atoms. The molecule has 3 heterocycles. The molecule has 1 N–H and O–H groups in total. The van der Waals surface area contributed by atoms with Crippen molar-refractivity contribution < 1.29 is 19.1 Å². The molecule has 186 valence electrons. The maximum atomic E-state index is 13.2. The summed E-state index contributed by atoms with van der Waals surface area (Å²) in [6.07, 6.45) is 4.06. The number of hydrogen-bond acceptors (Lipinski definition) is 5. The Bertz CT molecular complexity index is 1400. The standard InChI is InChI=1S/C27H27ClN4O4/c1-3-22(34)31-10-5-4-9-19(14-31)32-24-21(13-18-12-20(33)15-36-25(18)23(24)28)29-27(32)30-26(35)17-8-6-7-16(2)11-17/h3,6-8,11,13,19H,1,4-5,9-10,12,14-15H2,2H3,(H,29,30,35)/t19-/m1/s1. The van der Waals surface area contributed by atoms with Crippen LogP contribution in [0.15, 0.2) is 43.0 Å². The highest BCUT2D eigenvalue weighted by Crippen LogP contribution is 2.42. The van der Waals surface area contributed by atoms with Crippen LogP contribution in [0.4, 0.5) is 5.95 Å². The van der Waals surface area contributed by atoms with E-state index in [-0.39, 0.29) is 36.7 Å². The third kappa shape index (κ3) is 4.48. The molecule has 2 aliphatic heterocycles. The van der Waals surface area contributed by atoms with Crippen molar-refractivity contribution in [3.8, 4) is 5.75 Å². The molecule has 2 amide bonds. The molecule has 2 aliphatic rings. The van der Waals surface area contributed by atoms with E-state index >= 15 is 0 Å². The molecule has 0 spiro atoms. The number of nitrogens with one attached hydrogen (secondary N) is 1. The number of hydrogen-bond donors (Lipinski definition) is 1. The lowest BCUT2D eigenvalue weighted by Gasteiger charge is -2.27. The van der Waals surface area contributed by atoms with Gasteiger partial charge in [0.15, 0.2) is 5.78 Å². The Kier molecular flexibility index (Phi) is 6.53. The van der Waals surface area contributed by atoms with Gasteiger partial charge in [-0.25, -0.2) is 4.98 Å². The van der Waals surface area contributed by atoms with Gasteiger partial charge in [0, 0.05) is 30.6 Å². The molecule has 0 unspecified atom stereocenters. The number of aromatic nitrogens is 2. The van der Waals surface area contributed by atoms with Crippen molar-refractivity contribution in [2.45, 2.75) is 38.6 Å². The van der Waals surface area contributed by atoms with Crippen molar-refractivity contribution in [3.05, 3.63) is 64.7 Å². The minimum atomic E-state index is -0.296. The zero-order valence-corrected chi connectivity index (χ0v) is 20.8. The lowest BCUT2D eigenvalue weighted by molar-refractivity contribution is -0.126. The molecule has 1 atom stereocenters. The van der Waals surface area contributed by atoms with Gasteiger partial charge in [-0.3, -0.25) is 19.7 Å². The molecule has 0 saturated carbocycles. The zero-order chi connectivity index (χ0) is 25.4. The highest BCUT2D eigenvalue weighted by atomic mass is 35.5. The Morgan fingerprint density at radius 3 is 2.89 bits per heavy atom. The number of fused-ring (bicyclic) bond motifs is 2. The molecule has 0 aliphatic carbocycles. The summed E-state index contributed by atoms with van der Waals surface area (Å²) >= 11 is 6.88. The molecule has 0 radical (unpaired) electrons. The van der Waals surface area contributed by atoms with E-state index in [1.165, 1.54) is 6.08 Å². The van der Waals surface area contributed by atoms with Crippen molar-refractivity contribution in [2.24, 2.45) is 0 Å². The van der Waals surface area contributed by atoms with Crippen molar-refractivity contribution >= 4 is 46.2 Å². The number of amides is 2. The molecule has 3 aromatic rings. The van der Waals surface area contributed by atoms with Gasteiger partial charge in [0.05, 0.1) is 17.1 Å². The lowest BCUT2D eigenvalue weighted by atomic mass is 10.0. The number of ether oxygens (including phenoxy) is 1. The molecule has 9 heteroatoms. The van der Waals surface area contributed by atoms with E-state index in [1.54, 1.807) is 17.0 Å². The summed E-state index contributed by atoms with van der Waals surface area (Å²) in [5.41, 5.74) is 3.33. The van der Waals surface area contributed by atoms with Gasteiger partial charge in [-0.15, -0.1) is 0 Å². The number of ketones is 1. The Morgan fingerprint density at radius 1 is 1.28 bits per heavy atom. The number of anilines is 1. The first-order valence-electron chi connectivity index (χ1n) is 12.0. The van der Waals surface area contributed by atoms with Gasteiger partial charge in [-0.05, 0) is 50.5 Å². The van der Waals surface area contributed by atoms with E-state index in [1.807, 2.05) is 29.7 Å². The smallest absolute Gasteiger partial charge is 0.257 e. The van der Waals surface area contributed by atoms with Crippen molar-refractivity contribution in [3.63, 3.8) is 0 Å². The summed E-state index contributed by atoms with van der Waals surface area (Å²) in [4.78, 5) is 44.2. The highest BCUT2D eigenvalue weighted by Gasteiger charge is 2.30. The van der Waals surface area contributed by atoms with Crippen LogP contribution in [0, 0.1) is 6.92 Å². The van der Waals surface area contributed by atoms with E-state index < -0.39 is 0 Å². The second-order valence-electron chi connectivity index (χ2n) is 9.32. The quantitative estimate of drug-likeness (QED) is 0.526. The Balaban J connectivity index is 1.64. The minimum absolute atomic E-state index is 0.0334. The van der Waals surface area contributed by atoms with Crippen LogP contribution >= 0.6 is 11.6 Å². The average Bonchev–Trinajstić information content (AvgIpc) is 3.04. The van der Waals surface area contributed by atoms with Crippen LogP contribution in [0.1, 0.15) is 46.8 Å². The van der Waals surface area contributed by atoms with Gasteiger partial charge in [0.1, 0.15) is 17.4 Å². The van der Waals surface area contributed by atoms with Crippen LogP contribution in [-0.2, 0) is 16.0 Å². The van der Waals surface area contributed by atoms with Crippen LogP contribution in [0.2, 0.25) is 5.02 Å². The third-order valence-corrected chi connectivity index (χ3v) is 7.07. The second-order valence-corrected chi connectivity index (χ2v) is 9.70. The largest absolute Gasteiger partial charge is 0.484 e. The molecule has 0 bridgehead atoms. The molecule has 1 saturated heterocycles. The summed E-state index contributed by atoms with van der Waals surface area (Å²) in [7, 11) is 0. The molecule has 1 fully saturated rings. The van der Waals surface area contributed by atoms with Crippen LogP contribution in [0.5, 0.6) is 5.75 Å². The van der Waals surface area contributed by atoms with E-state index in [4.69, 9.17) is 21.3 Å². The fraction of sp³-hybridized carbons (Fsp3) is 0.333. The molecular formula is C27H27ClN4O4. The number of imidazole rings is 1. The first-order chi connectivity index (χ1) is 17.4. The number of aryl methyl sites for hydroxylation is 1. The predicted molar refractivity (Wildman–Crippen MR) is 138 cm³/mol. The van der Waals surface area contributed by atoms with E-state index in [9.17, 15) is 14.4 Å². The summed E-state index contributed by atoms with van der Waals surface area (Å²) in [6.45, 7) is 6.59. The monoisotopic (exact) mass is 506 g/mol. The van der Waals surface area contributed by atoms with Crippen LogP contribution in [-0.4, -0.2) is 51.7 Å². The number of carbonyl (C=O) groups excluding carboxylic acids is 3. The minimum Gasteiger partial charge on any atom is -0.484 e. The highest BCUT2D eigenvalue weighted by molar-refractivity contribution is 6.37. The van der Waals surface area contributed by atoms with E-state index in [2.05, 4.69) is 11.9 Å². The van der Waals surface area contributed by atoms with Crippen LogP contribution in [0.3, 0.4) is 0 Å². The summed E-state index contributed by atoms with van der Waals surface area (Å²) < 4.78 is 7.62. The van der Waals surface area contributed by atoms with Crippen LogP contribution in [0.25, 0.3) is 11.0 Å². The lowest BCUT2D eigenvalue weighted by Crippen LogP contribution is -2.34. The number of nitrogens with zero attached hydrogens (tertiary/aromatic N) is 3. The number of carbonyl (C=O) groups is 3. The Morgan fingerprint density at radius 2 is 2.11 bits per heavy atom. The van der Waals surface area contributed by atoms with Gasteiger partial charge < -0.3 is 14.2 Å².